The highest BCUT2D eigenvalue weighted by Gasteiger charge is 2.26. The van der Waals surface area contributed by atoms with E-state index in [9.17, 15) is 4.79 Å². The first-order valence-electron chi connectivity index (χ1n) is 6.62. The highest BCUT2D eigenvalue weighted by molar-refractivity contribution is 9.09. The summed E-state index contributed by atoms with van der Waals surface area (Å²) in [6, 6.07) is 14.1. The molecule has 1 aliphatic rings. The van der Waals surface area contributed by atoms with Crippen molar-refractivity contribution in [2.75, 3.05) is 18.4 Å². The lowest BCUT2D eigenvalue weighted by molar-refractivity contribution is 0.0788. The molecular formula is C16H16BrNO. The highest BCUT2D eigenvalue weighted by atomic mass is 79.9. The Balaban J connectivity index is 1.85. The van der Waals surface area contributed by atoms with Gasteiger partial charge in [-0.15, -0.1) is 0 Å². The maximum absolute atomic E-state index is 12.5. The summed E-state index contributed by atoms with van der Waals surface area (Å²) in [6.45, 7) is 1.75. The summed E-state index contributed by atoms with van der Waals surface area (Å²) in [4.78, 5) is 14.4. The first-order valence-corrected chi connectivity index (χ1v) is 7.74. The number of likely N-dealkylation sites (tertiary alicyclic amines) is 1. The van der Waals surface area contributed by atoms with Crippen LogP contribution >= 0.6 is 15.9 Å². The standard InChI is InChI=1S/C16H16BrNO/c17-10-12-7-8-18(11-12)16(19)15-6-5-13-3-1-2-4-14(13)9-15/h1-6,9,12H,7-8,10-11H2. The fourth-order valence-corrected chi connectivity index (χ4v) is 3.18. The third-order valence-electron chi connectivity index (χ3n) is 3.79. The van der Waals surface area contributed by atoms with Crippen LogP contribution in [0.25, 0.3) is 10.8 Å². The Morgan fingerprint density at radius 2 is 2.00 bits per heavy atom. The van der Waals surface area contributed by atoms with Gasteiger partial charge in [-0.25, -0.2) is 0 Å². The van der Waals surface area contributed by atoms with Gasteiger partial charge in [0.05, 0.1) is 0 Å². The van der Waals surface area contributed by atoms with Gasteiger partial charge >= 0.3 is 0 Å². The van der Waals surface area contributed by atoms with Crippen LogP contribution in [0, 0.1) is 5.92 Å². The number of carbonyl (C=O) groups is 1. The van der Waals surface area contributed by atoms with E-state index in [0.717, 1.165) is 35.8 Å². The van der Waals surface area contributed by atoms with Gasteiger partial charge in [0, 0.05) is 24.0 Å². The fraction of sp³-hybridized carbons (Fsp3) is 0.312. The van der Waals surface area contributed by atoms with Gasteiger partial charge in [0.2, 0.25) is 0 Å². The van der Waals surface area contributed by atoms with E-state index >= 15 is 0 Å². The summed E-state index contributed by atoms with van der Waals surface area (Å²) in [5.41, 5.74) is 0.800. The first kappa shape index (κ1) is 12.7. The molecule has 3 heteroatoms. The van der Waals surface area contributed by atoms with E-state index in [4.69, 9.17) is 0 Å². The van der Waals surface area contributed by atoms with Crippen LogP contribution in [-0.2, 0) is 0 Å². The second-order valence-electron chi connectivity index (χ2n) is 5.12. The Hall–Kier alpha value is -1.35. The van der Waals surface area contributed by atoms with Crippen LogP contribution in [-0.4, -0.2) is 29.2 Å². The molecule has 2 aromatic rings. The van der Waals surface area contributed by atoms with Crippen LogP contribution in [0.3, 0.4) is 0 Å². The van der Waals surface area contributed by atoms with Gasteiger partial charge in [-0.1, -0.05) is 46.3 Å². The molecule has 1 saturated heterocycles. The van der Waals surface area contributed by atoms with Gasteiger partial charge in [-0.2, -0.15) is 0 Å². The van der Waals surface area contributed by atoms with Crippen LogP contribution in [0.4, 0.5) is 0 Å². The molecule has 0 saturated carbocycles. The van der Waals surface area contributed by atoms with Crippen molar-refractivity contribution in [1.82, 2.24) is 4.90 Å². The van der Waals surface area contributed by atoms with Gasteiger partial charge in [0.15, 0.2) is 0 Å². The number of halogens is 1. The van der Waals surface area contributed by atoms with Crippen LogP contribution in [0.2, 0.25) is 0 Å². The molecule has 1 fully saturated rings. The molecule has 1 unspecified atom stereocenters. The molecule has 0 bridgehead atoms. The van der Waals surface area contributed by atoms with Gasteiger partial charge in [-0.3, -0.25) is 4.79 Å². The fourth-order valence-electron chi connectivity index (χ4n) is 2.65. The molecule has 19 heavy (non-hydrogen) atoms. The Kier molecular flexibility index (Phi) is 3.56. The average molecular weight is 318 g/mol. The Labute approximate surface area is 121 Å². The monoisotopic (exact) mass is 317 g/mol. The van der Waals surface area contributed by atoms with E-state index in [2.05, 4.69) is 28.1 Å². The molecule has 0 spiro atoms. The van der Waals surface area contributed by atoms with Crippen molar-refractivity contribution in [3.63, 3.8) is 0 Å². The van der Waals surface area contributed by atoms with E-state index in [1.807, 2.05) is 35.2 Å². The quantitative estimate of drug-likeness (QED) is 0.773. The summed E-state index contributed by atoms with van der Waals surface area (Å²) in [5, 5.41) is 3.29. The minimum Gasteiger partial charge on any atom is -0.338 e. The molecule has 0 aromatic heterocycles. The summed E-state index contributed by atoms with van der Waals surface area (Å²) >= 11 is 3.50. The molecule has 0 N–H and O–H groups in total. The molecule has 2 aromatic carbocycles. The Morgan fingerprint density at radius 1 is 1.21 bits per heavy atom. The zero-order valence-electron chi connectivity index (χ0n) is 10.7. The minimum atomic E-state index is 0.161. The average Bonchev–Trinajstić information content (AvgIpc) is 2.95. The molecule has 0 aliphatic carbocycles. The molecule has 0 radical (unpaired) electrons. The maximum atomic E-state index is 12.5. The van der Waals surface area contributed by atoms with E-state index < -0.39 is 0 Å². The van der Waals surface area contributed by atoms with Crippen molar-refractivity contribution in [2.45, 2.75) is 6.42 Å². The van der Waals surface area contributed by atoms with Crippen LogP contribution < -0.4 is 0 Å². The maximum Gasteiger partial charge on any atom is 0.253 e. The molecule has 2 nitrogen and oxygen atoms in total. The predicted octanol–water partition coefficient (Wildman–Crippen LogP) is 3.70. The van der Waals surface area contributed by atoms with E-state index in [-0.39, 0.29) is 5.91 Å². The largest absolute Gasteiger partial charge is 0.338 e. The van der Waals surface area contributed by atoms with Gasteiger partial charge in [0.1, 0.15) is 0 Å². The van der Waals surface area contributed by atoms with Crippen LogP contribution in [0.15, 0.2) is 42.5 Å². The number of amides is 1. The number of fused-ring (bicyclic) bond motifs is 1. The first-order chi connectivity index (χ1) is 9.28. The molecule has 1 heterocycles. The third kappa shape index (κ3) is 2.52. The second-order valence-corrected chi connectivity index (χ2v) is 5.77. The molecule has 1 atom stereocenters. The minimum absolute atomic E-state index is 0.161. The topological polar surface area (TPSA) is 20.3 Å². The zero-order valence-corrected chi connectivity index (χ0v) is 12.3. The number of carbonyl (C=O) groups excluding carboxylic acids is 1. The summed E-state index contributed by atoms with van der Waals surface area (Å²) in [6.07, 6.45) is 1.10. The number of hydrogen-bond acceptors (Lipinski definition) is 1. The van der Waals surface area contributed by atoms with Gasteiger partial charge < -0.3 is 4.90 Å². The highest BCUT2D eigenvalue weighted by Crippen LogP contribution is 2.22. The molecular weight excluding hydrogens is 302 g/mol. The number of hydrogen-bond donors (Lipinski definition) is 0. The van der Waals surface area contributed by atoms with Crippen molar-refractivity contribution in [3.8, 4) is 0 Å². The third-order valence-corrected chi connectivity index (χ3v) is 4.70. The predicted molar refractivity (Wildman–Crippen MR) is 81.8 cm³/mol. The Bertz CT molecular complexity index is 610. The van der Waals surface area contributed by atoms with Gasteiger partial charge in [-0.05, 0) is 35.2 Å². The lowest BCUT2D eigenvalue weighted by Gasteiger charge is -2.16. The van der Waals surface area contributed by atoms with Crippen molar-refractivity contribution in [3.05, 3.63) is 48.0 Å². The number of alkyl halides is 1. The lowest BCUT2D eigenvalue weighted by Crippen LogP contribution is -2.28. The van der Waals surface area contributed by atoms with Crippen molar-refractivity contribution in [1.29, 1.82) is 0 Å². The van der Waals surface area contributed by atoms with Crippen LogP contribution in [0.5, 0.6) is 0 Å². The molecule has 98 valence electrons. The molecule has 1 aliphatic heterocycles. The van der Waals surface area contributed by atoms with E-state index in [0.29, 0.717) is 5.92 Å². The smallest absolute Gasteiger partial charge is 0.253 e. The summed E-state index contributed by atoms with van der Waals surface area (Å²) in [7, 11) is 0. The van der Waals surface area contributed by atoms with Gasteiger partial charge in [0.25, 0.3) is 5.91 Å². The molecule has 3 rings (SSSR count). The van der Waals surface area contributed by atoms with E-state index in [1.54, 1.807) is 0 Å². The van der Waals surface area contributed by atoms with Crippen molar-refractivity contribution >= 4 is 32.6 Å². The summed E-state index contributed by atoms with van der Waals surface area (Å²) < 4.78 is 0. The second kappa shape index (κ2) is 5.33. The SMILES string of the molecule is O=C(c1ccc2ccccc2c1)N1CCC(CBr)C1. The molecule has 1 amide bonds. The normalized spacial score (nSPS) is 19.0. The lowest BCUT2D eigenvalue weighted by atomic mass is 10.1. The van der Waals surface area contributed by atoms with Crippen molar-refractivity contribution in [2.24, 2.45) is 5.92 Å². The number of nitrogens with zero attached hydrogens (tertiary/aromatic N) is 1. The zero-order chi connectivity index (χ0) is 13.2. The Morgan fingerprint density at radius 3 is 2.74 bits per heavy atom. The van der Waals surface area contributed by atoms with Crippen molar-refractivity contribution < 1.29 is 4.79 Å². The van der Waals surface area contributed by atoms with E-state index in [1.165, 1.54) is 5.39 Å². The number of benzene rings is 2. The van der Waals surface area contributed by atoms with Crippen LogP contribution in [0.1, 0.15) is 16.8 Å². The summed E-state index contributed by atoms with van der Waals surface area (Å²) in [5.74, 6) is 0.763. The number of rotatable bonds is 2.